The third-order valence-corrected chi connectivity index (χ3v) is 5.75. The highest BCUT2D eigenvalue weighted by atomic mass is 19.4. The normalized spacial score (nSPS) is 18.3. The van der Waals surface area contributed by atoms with Crippen LogP contribution in [-0.2, 0) is 0 Å². The van der Waals surface area contributed by atoms with Crippen molar-refractivity contribution in [1.82, 2.24) is 20.5 Å². The van der Waals surface area contributed by atoms with E-state index >= 15 is 0 Å². The van der Waals surface area contributed by atoms with E-state index in [4.69, 9.17) is 9.84 Å². The van der Waals surface area contributed by atoms with Gasteiger partial charge in [0.15, 0.2) is 11.6 Å². The number of carbonyl (C=O) groups excluding carboxylic acids is 2. The van der Waals surface area contributed by atoms with Crippen LogP contribution in [0.3, 0.4) is 0 Å². The second-order valence-corrected chi connectivity index (χ2v) is 8.37. The molecule has 0 aliphatic carbocycles. The topological polar surface area (TPSA) is 153 Å². The quantitative estimate of drug-likeness (QED) is 0.425. The van der Waals surface area contributed by atoms with Gasteiger partial charge in [-0.15, -0.1) is 10.2 Å². The van der Waals surface area contributed by atoms with Crippen molar-refractivity contribution in [3.63, 3.8) is 0 Å². The highest BCUT2D eigenvalue weighted by Crippen LogP contribution is 2.39. The monoisotopic (exact) mass is 511 g/mol. The Labute approximate surface area is 203 Å². The van der Waals surface area contributed by atoms with E-state index in [-0.39, 0.29) is 35.9 Å². The SMILES string of the molecule is C[C@@H](NC(=O)c1ccc2c(n1)N(C(=O)Nc1ccc(OC[C@H](O)CO)nn1)C1CCN2C1)C(F)(F)F. The number of carbonyl (C=O) groups is 2. The number of hydrogen-bond donors (Lipinski definition) is 4. The van der Waals surface area contributed by atoms with Crippen LogP contribution in [-0.4, -0.2) is 88.0 Å². The number of halogens is 3. The van der Waals surface area contributed by atoms with Crippen molar-refractivity contribution in [3.05, 3.63) is 30.0 Å². The number of rotatable bonds is 7. The van der Waals surface area contributed by atoms with Crippen LogP contribution < -0.4 is 25.2 Å². The van der Waals surface area contributed by atoms with Crippen molar-refractivity contribution in [3.8, 4) is 5.88 Å². The zero-order valence-electron chi connectivity index (χ0n) is 19.1. The molecule has 2 aliphatic rings. The third kappa shape index (κ3) is 5.41. The number of anilines is 3. The van der Waals surface area contributed by atoms with Crippen LogP contribution >= 0.6 is 0 Å². The van der Waals surface area contributed by atoms with Gasteiger partial charge in [0.1, 0.15) is 24.4 Å². The van der Waals surface area contributed by atoms with Gasteiger partial charge in [-0.2, -0.15) is 13.2 Å². The summed E-state index contributed by atoms with van der Waals surface area (Å²) in [5.41, 5.74) is 0.327. The van der Waals surface area contributed by atoms with E-state index in [0.717, 1.165) is 6.92 Å². The number of amides is 3. The summed E-state index contributed by atoms with van der Waals surface area (Å²) in [6, 6.07) is 2.78. The van der Waals surface area contributed by atoms with Gasteiger partial charge in [-0.25, -0.2) is 9.78 Å². The molecule has 4 N–H and O–H groups in total. The Morgan fingerprint density at radius 3 is 2.69 bits per heavy atom. The Hall–Kier alpha value is -3.72. The molecule has 12 nitrogen and oxygen atoms in total. The van der Waals surface area contributed by atoms with E-state index in [2.05, 4.69) is 20.5 Å². The van der Waals surface area contributed by atoms with E-state index < -0.39 is 36.9 Å². The number of hydrogen-bond acceptors (Lipinski definition) is 9. The molecule has 194 valence electrons. The van der Waals surface area contributed by atoms with Crippen LogP contribution in [0.15, 0.2) is 24.3 Å². The average Bonchev–Trinajstić information content (AvgIpc) is 3.26. The maximum atomic E-state index is 13.2. The summed E-state index contributed by atoms with van der Waals surface area (Å²) in [6.07, 6.45) is -5.06. The molecular weight excluding hydrogens is 487 g/mol. The van der Waals surface area contributed by atoms with Crippen molar-refractivity contribution in [2.75, 3.05) is 41.4 Å². The molecule has 1 unspecified atom stereocenters. The Balaban J connectivity index is 1.51. The molecule has 2 aromatic rings. The highest BCUT2D eigenvalue weighted by Gasteiger charge is 2.41. The molecule has 2 aliphatic heterocycles. The van der Waals surface area contributed by atoms with Crippen LogP contribution in [0.4, 0.5) is 35.3 Å². The van der Waals surface area contributed by atoms with Crippen LogP contribution in [0.5, 0.6) is 5.88 Å². The first-order chi connectivity index (χ1) is 17.1. The molecule has 0 aromatic carbocycles. The molecule has 2 aromatic heterocycles. The maximum Gasteiger partial charge on any atom is 0.408 e. The fraction of sp³-hybridized carbons (Fsp3) is 0.476. The van der Waals surface area contributed by atoms with E-state index in [0.29, 0.717) is 25.2 Å². The third-order valence-electron chi connectivity index (χ3n) is 5.75. The standard InChI is InChI=1S/C21H24F3N7O5/c1-11(21(22,23)24)25-19(34)14-2-3-15-18(26-14)31(12-6-7-30(15)8-12)20(35)27-16-4-5-17(29-28-16)36-10-13(33)9-32/h2-5,11-13,32-33H,6-10H2,1H3,(H,25,34)(H,27,28,35)/t11-,12?,13-/m1/s1. The molecule has 0 spiro atoms. The van der Waals surface area contributed by atoms with Gasteiger partial charge in [0.25, 0.3) is 5.91 Å². The summed E-state index contributed by atoms with van der Waals surface area (Å²) in [6.45, 7) is 1.34. The Morgan fingerprint density at radius 1 is 1.25 bits per heavy atom. The average molecular weight is 511 g/mol. The van der Waals surface area contributed by atoms with Gasteiger partial charge in [0.05, 0.1) is 18.3 Å². The lowest BCUT2D eigenvalue weighted by molar-refractivity contribution is -0.149. The lowest BCUT2D eigenvalue weighted by atomic mass is 10.1. The number of nitrogens with zero attached hydrogens (tertiary/aromatic N) is 5. The van der Waals surface area contributed by atoms with Crippen LogP contribution in [0.2, 0.25) is 0 Å². The number of alkyl halides is 3. The summed E-state index contributed by atoms with van der Waals surface area (Å²) >= 11 is 0. The van der Waals surface area contributed by atoms with E-state index in [1.54, 1.807) is 6.07 Å². The molecule has 0 saturated carbocycles. The number of pyridine rings is 1. The first-order valence-corrected chi connectivity index (χ1v) is 11.1. The molecule has 3 atom stereocenters. The molecule has 36 heavy (non-hydrogen) atoms. The van der Waals surface area contributed by atoms with Gasteiger partial charge < -0.3 is 25.2 Å². The number of aliphatic hydroxyl groups excluding tert-OH is 2. The molecule has 15 heteroatoms. The Morgan fingerprint density at radius 2 is 2.03 bits per heavy atom. The summed E-state index contributed by atoms with van der Waals surface area (Å²) in [4.78, 5) is 33.2. The van der Waals surface area contributed by atoms with E-state index in [1.165, 1.54) is 23.1 Å². The number of fused-ring (bicyclic) bond motifs is 4. The molecule has 1 fully saturated rings. The predicted molar refractivity (Wildman–Crippen MR) is 120 cm³/mol. The van der Waals surface area contributed by atoms with Gasteiger partial charge in [-0.3, -0.25) is 15.0 Å². The largest absolute Gasteiger partial charge is 0.474 e. The summed E-state index contributed by atoms with van der Waals surface area (Å²) in [5.74, 6) is -0.700. The number of urea groups is 1. The summed E-state index contributed by atoms with van der Waals surface area (Å²) in [5, 5.41) is 30.3. The van der Waals surface area contributed by atoms with Crippen LogP contribution in [0.25, 0.3) is 0 Å². The Kier molecular flexibility index (Phi) is 7.12. The second-order valence-electron chi connectivity index (χ2n) is 8.37. The minimum absolute atomic E-state index is 0.0701. The van der Waals surface area contributed by atoms with Gasteiger partial charge in [-0.05, 0) is 31.5 Å². The van der Waals surface area contributed by atoms with E-state index in [1.807, 2.05) is 10.2 Å². The predicted octanol–water partition coefficient (Wildman–Crippen LogP) is 0.915. The van der Waals surface area contributed by atoms with Crippen molar-refractivity contribution in [2.45, 2.75) is 37.7 Å². The molecule has 1 saturated heterocycles. The van der Waals surface area contributed by atoms with Gasteiger partial charge in [0, 0.05) is 19.2 Å². The minimum Gasteiger partial charge on any atom is -0.474 e. The maximum absolute atomic E-state index is 13.2. The lowest BCUT2D eigenvalue weighted by Gasteiger charge is -2.35. The summed E-state index contributed by atoms with van der Waals surface area (Å²) in [7, 11) is 0. The van der Waals surface area contributed by atoms with Crippen LogP contribution in [0.1, 0.15) is 23.8 Å². The van der Waals surface area contributed by atoms with Gasteiger partial charge in [-0.1, -0.05) is 0 Å². The fourth-order valence-corrected chi connectivity index (χ4v) is 3.82. The second kappa shape index (κ2) is 10.1. The molecule has 4 heterocycles. The molecule has 4 rings (SSSR count). The number of nitrogens with one attached hydrogen (secondary N) is 2. The first kappa shape index (κ1) is 25.4. The van der Waals surface area contributed by atoms with Crippen molar-refractivity contribution in [2.24, 2.45) is 0 Å². The number of aromatic nitrogens is 3. The number of ether oxygens (including phenoxy) is 1. The lowest BCUT2D eigenvalue weighted by Crippen LogP contribution is -2.49. The summed E-state index contributed by atoms with van der Waals surface area (Å²) < 4.78 is 43.8. The van der Waals surface area contributed by atoms with Crippen molar-refractivity contribution < 1.29 is 37.7 Å². The van der Waals surface area contributed by atoms with Crippen LogP contribution in [0, 0.1) is 0 Å². The first-order valence-electron chi connectivity index (χ1n) is 11.1. The minimum atomic E-state index is -4.61. The van der Waals surface area contributed by atoms with Gasteiger partial charge in [0.2, 0.25) is 5.88 Å². The Bertz CT molecular complexity index is 1120. The smallest absolute Gasteiger partial charge is 0.408 e. The van der Waals surface area contributed by atoms with Crippen molar-refractivity contribution >= 4 is 29.3 Å². The zero-order valence-corrected chi connectivity index (χ0v) is 19.1. The number of aliphatic hydroxyl groups is 2. The fourth-order valence-electron chi connectivity index (χ4n) is 3.82. The van der Waals surface area contributed by atoms with Crippen molar-refractivity contribution in [1.29, 1.82) is 0 Å². The molecule has 3 amide bonds. The van der Waals surface area contributed by atoms with E-state index in [9.17, 15) is 27.9 Å². The highest BCUT2D eigenvalue weighted by molar-refractivity contribution is 6.05. The zero-order chi connectivity index (χ0) is 26.0. The molecule has 0 radical (unpaired) electrons. The molecule has 2 bridgehead atoms. The van der Waals surface area contributed by atoms with Gasteiger partial charge >= 0.3 is 12.2 Å². The molecular formula is C21H24F3N7O5.